The molecule has 2 amide bonds. The Morgan fingerprint density at radius 3 is 2.76 bits per heavy atom. The molecule has 0 aliphatic carbocycles. The lowest BCUT2D eigenvalue weighted by Crippen LogP contribution is -2.57. The standard InChI is InChI=1S/C15H17N5O8S/c1-6-9(18-11(22)10(19-26-2)7-5-29-14(16)17-7)12(23)20(28-6)15(13(24)25)4-3-8(21)27-15/h5-6,9H,3-4H2,1-2H3,(H2,16,17)(H,18,22)(H,24,25)/t6-,9-,15?/m0/s1. The molecule has 1 aromatic rings. The van der Waals surface area contributed by atoms with Gasteiger partial charge in [-0.05, 0) is 6.92 Å². The molecule has 2 saturated heterocycles. The number of carboxylic acids is 1. The molecule has 0 aromatic carbocycles. The quantitative estimate of drug-likeness (QED) is 0.284. The molecule has 4 N–H and O–H groups in total. The number of aromatic nitrogens is 1. The molecule has 2 aliphatic heterocycles. The maximum absolute atomic E-state index is 12.8. The average molecular weight is 427 g/mol. The Hall–Kier alpha value is -3.26. The van der Waals surface area contributed by atoms with Crippen molar-refractivity contribution in [2.75, 3.05) is 12.8 Å². The van der Waals surface area contributed by atoms with Gasteiger partial charge < -0.3 is 25.7 Å². The smallest absolute Gasteiger partial charge is 0.372 e. The van der Waals surface area contributed by atoms with Crippen molar-refractivity contribution in [2.24, 2.45) is 5.16 Å². The summed E-state index contributed by atoms with van der Waals surface area (Å²) in [5.74, 6) is -4.05. The molecule has 14 heteroatoms. The third kappa shape index (κ3) is 3.58. The lowest BCUT2D eigenvalue weighted by molar-refractivity contribution is -0.266. The number of aliphatic carboxylic acids is 1. The Morgan fingerprint density at radius 1 is 1.52 bits per heavy atom. The minimum atomic E-state index is -2.28. The number of anilines is 1. The van der Waals surface area contributed by atoms with Gasteiger partial charge in [0.05, 0.1) is 6.42 Å². The van der Waals surface area contributed by atoms with E-state index in [-0.39, 0.29) is 29.4 Å². The van der Waals surface area contributed by atoms with Gasteiger partial charge in [-0.25, -0.2) is 9.78 Å². The van der Waals surface area contributed by atoms with Gasteiger partial charge in [-0.3, -0.25) is 19.2 Å². The van der Waals surface area contributed by atoms with Crippen LogP contribution in [0, 0.1) is 0 Å². The van der Waals surface area contributed by atoms with Crippen LogP contribution in [0.25, 0.3) is 0 Å². The number of nitrogen functional groups attached to an aromatic ring is 1. The maximum atomic E-state index is 12.8. The molecule has 3 rings (SSSR count). The van der Waals surface area contributed by atoms with E-state index in [0.29, 0.717) is 5.06 Å². The summed E-state index contributed by atoms with van der Waals surface area (Å²) in [4.78, 5) is 62.6. The molecule has 1 aromatic heterocycles. The highest BCUT2D eigenvalue weighted by Gasteiger charge is 2.60. The van der Waals surface area contributed by atoms with Gasteiger partial charge in [0, 0.05) is 11.8 Å². The fourth-order valence-corrected chi connectivity index (χ4v) is 3.44. The summed E-state index contributed by atoms with van der Waals surface area (Å²) in [5.41, 5.74) is 3.18. The largest absolute Gasteiger partial charge is 0.477 e. The van der Waals surface area contributed by atoms with Gasteiger partial charge in [0.1, 0.15) is 24.9 Å². The van der Waals surface area contributed by atoms with E-state index in [9.17, 15) is 24.3 Å². The number of carbonyl (C=O) groups excluding carboxylic acids is 3. The van der Waals surface area contributed by atoms with Gasteiger partial charge in [0.15, 0.2) is 10.8 Å². The second-order valence-electron chi connectivity index (χ2n) is 6.15. The van der Waals surface area contributed by atoms with Gasteiger partial charge in [-0.2, -0.15) is 5.06 Å². The predicted octanol–water partition coefficient (Wildman–Crippen LogP) is -1.16. The number of cyclic esters (lactones) is 1. The number of hydrogen-bond acceptors (Lipinski definition) is 11. The number of carbonyl (C=O) groups is 4. The molecule has 156 valence electrons. The van der Waals surface area contributed by atoms with Gasteiger partial charge >= 0.3 is 17.7 Å². The minimum absolute atomic E-state index is 0.134. The number of rotatable bonds is 6. The van der Waals surface area contributed by atoms with Crippen molar-refractivity contribution in [3.63, 3.8) is 0 Å². The van der Waals surface area contributed by atoms with Crippen molar-refractivity contribution in [3.8, 4) is 0 Å². The van der Waals surface area contributed by atoms with Gasteiger partial charge in [0.2, 0.25) is 0 Å². The van der Waals surface area contributed by atoms with Crippen molar-refractivity contribution in [3.05, 3.63) is 11.1 Å². The Labute approximate surface area is 167 Å². The summed E-state index contributed by atoms with van der Waals surface area (Å²) >= 11 is 1.08. The molecular weight excluding hydrogens is 410 g/mol. The van der Waals surface area contributed by atoms with E-state index >= 15 is 0 Å². The Bertz CT molecular complexity index is 901. The van der Waals surface area contributed by atoms with Gasteiger partial charge in [-0.15, -0.1) is 11.3 Å². The van der Waals surface area contributed by atoms with Crippen molar-refractivity contribution < 1.29 is 38.7 Å². The third-order valence-corrected chi connectivity index (χ3v) is 4.94. The molecule has 0 saturated carbocycles. The van der Waals surface area contributed by atoms with E-state index < -0.39 is 41.6 Å². The number of hydrogen-bond donors (Lipinski definition) is 3. The van der Waals surface area contributed by atoms with E-state index in [2.05, 4.69) is 20.3 Å². The van der Waals surface area contributed by atoms with Crippen LogP contribution >= 0.6 is 11.3 Å². The molecule has 2 aliphatic rings. The van der Waals surface area contributed by atoms with Crippen LogP contribution in [-0.4, -0.2) is 69.6 Å². The van der Waals surface area contributed by atoms with Crippen LogP contribution in [-0.2, 0) is 33.6 Å². The van der Waals surface area contributed by atoms with Crippen molar-refractivity contribution in [1.29, 1.82) is 0 Å². The van der Waals surface area contributed by atoms with E-state index in [0.717, 1.165) is 11.3 Å². The molecule has 0 radical (unpaired) electrons. The van der Waals surface area contributed by atoms with E-state index in [4.69, 9.17) is 15.3 Å². The van der Waals surface area contributed by atoms with Crippen molar-refractivity contribution in [1.82, 2.24) is 15.4 Å². The highest BCUT2D eigenvalue weighted by Crippen LogP contribution is 2.35. The number of hydroxylamine groups is 2. The molecule has 0 bridgehead atoms. The summed E-state index contributed by atoms with van der Waals surface area (Å²) in [6.07, 6.45) is -1.43. The summed E-state index contributed by atoms with van der Waals surface area (Å²) < 4.78 is 4.89. The molecule has 2 fully saturated rings. The Kier molecular flexibility index (Phi) is 5.39. The first kappa shape index (κ1) is 20.5. The molecule has 13 nitrogen and oxygen atoms in total. The zero-order valence-electron chi connectivity index (χ0n) is 15.3. The molecule has 0 spiro atoms. The second-order valence-corrected chi connectivity index (χ2v) is 7.04. The number of carboxylic acid groups (broad SMARTS) is 1. The number of nitrogens with two attached hydrogens (primary N) is 1. The van der Waals surface area contributed by atoms with Crippen LogP contribution in [0.5, 0.6) is 0 Å². The summed E-state index contributed by atoms with van der Waals surface area (Å²) in [7, 11) is 1.22. The Balaban J connectivity index is 1.82. The fourth-order valence-electron chi connectivity index (χ4n) is 2.89. The summed E-state index contributed by atoms with van der Waals surface area (Å²) in [6, 6.07) is -1.27. The van der Waals surface area contributed by atoms with Crippen molar-refractivity contribution in [2.45, 2.75) is 37.6 Å². The number of ether oxygens (including phenoxy) is 1. The molecule has 29 heavy (non-hydrogen) atoms. The molecular formula is C15H17N5O8S. The lowest BCUT2D eigenvalue weighted by atomic mass is 10.1. The minimum Gasteiger partial charge on any atom is -0.477 e. The van der Waals surface area contributed by atoms with E-state index in [1.165, 1.54) is 19.4 Å². The first-order chi connectivity index (χ1) is 13.7. The fraction of sp³-hybridized carbons (Fsp3) is 0.467. The van der Waals surface area contributed by atoms with E-state index in [1.807, 2.05) is 0 Å². The summed E-state index contributed by atoms with van der Waals surface area (Å²) in [5, 5.41) is 17.7. The number of nitrogens with zero attached hydrogens (tertiary/aromatic N) is 3. The van der Waals surface area contributed by atoms with E-state index in [1.54, 1.807) is 0 Å². The normalized spacial score (nSPS) is 27.1. The first-order valence-electron chi connectivity index (χ1n) is 8.29. The van der Waals surface area contributed by atoms with Crippen LogP contribution in [0.3, 0.4) is 0 Å². The van der Waals surface area contributed by atoms with Gasteiger partial charge in [0.25, 0.3) is 11.8 Å². The van der Waals surface area contributed by atoms with Crippen molar-refractivity contribution >= 4 is 45.9 Å². The highest BCUT2D eigenvalue weighted by molar-refractivity contribution is 7.13. The van der Waals surface area contributed by atoms with Crippen LogP contribution in [0.15, 0.2) is 10.5 Å². The third-order valence-electron chi connectivity index (χ3n) is 4.27. The van der Waals surface area contributed by atoms with Crippen LogP contribution in [0.1, 0.15) is 25.5 Å². The first-order valence-corrected chi connectivity index (χ1v) is 9.17. The Morgan fingerprint density at radius 2 is 2.24 bits per heavy atom. The maximum Gasteiger partial charge on any atom is 0.372 e. The number of thiazole rings is 1. The second kappa shape index (κ2) is 7.63. The molecule has 3 heterocycles. The summed E-state index contributed by atoms with van der Waals surface area (Å²) in [6.45, 7) is 1.45. The zero-order chi connectivity index (χ0) is 21.3. The lowest BCUT2D eigenvalue weighted by Gasteiger charge is -2.30. The molecule has 1 unspecified atom stereocenters. The van der Waals surface area contributed by atoms with Crippen LogP contribution in [0.2, 0.25) is 0 Å². The van der Waals surface area contributed by atoms with Gasteiger partial charge in [-0.1, -0.05) is 5.16 Å². The number of esters is 1. The zero-order valence-corrected chi connectivity index (χ0v) is 16.1. The number of nitrogens with one attached hydrogen (secondary N) is 1. The topological polar surface area (TPSA) is 183 Å². The predicted molar refractivity (Wildman–Crippen MR) is 95.1 cm³/mol. The van der Waals surface area contributed by atoms with Crippen LogP contribution < -0.4 is 11.1 Å². The van der Waals surface area contributed by atoms with Crippen LogP contribution in [0.4, 0.5) is 5.13 Å². The SMILES string of the molecule is CON=C(C(=O)N[C@@H]1C(=O)N(C2(C(=O)O)CCC(=O)O2)O[C@H]1C)c1csc(N)n1. The molecule has 3 atom stereocenters. The number of oxime groups is 1. The number of amides is 2. The average Bonchev–Trinajstić information content (AvgIpc) is 3.34. The highest BCUT2D eigenvalue weighted by atomic mass is 32.1. The monoisotopic (exact) mass is 427 g/mol.